The van der Waals surface area contributed by atoms with Crippen LogP contribution in [0.5, 0.6) is 0 Å². The number of amides is 2. The zero-order valence-corrected chi connectivity index (χ0v) is 12.1. The van der Waals surface area contributed by atoms with Gasteiger partial charge < -0.3 is 20.1 Å². The summed E-state index contributed by atoms with van der Waals surface area (Å²) in [5.41, 5.74) is 1.79. The first-order valence-electron chi connectivity index (χ1n) is 6.97. The maximum absolute atomic E-state index is 12.1. The number of aliphatic hydroxyl groups is 1. The van der Waals surface area contributed by atoms with Crippen molar-refractivity contribution in [3.05, 3.63) is 35.4 Å². The molecule has 1 aliphatic rings. The summed E-state index contributed by atoms with van der Waals surface area (Å²) in [5.74, 6) is 5.54. The van der Waals surface area contributed by atoms with Crippen LogP contribution < -0.4 is 5.32 Å². The van der Waals surface area contributed by atoms with Gasteiger partial charge in [-0.1, -0.05) is 30.0 Å². The van der Waals surface area contributed by atoms with E-state index in [0.717, 1.165) is 17.5 Å². The number of hydrogen-bond acceptors (Lipinski definition) is 3. The number of ether oxygens (including phenoxy) is 1. The number of urea groups is 1. The molecule has 5 heteroatoms. The van der Waals surface area contributed by atoms with Crippen molar-refractivity contribution in [3.8, 4) is 11.8 Å². The van der Waals surface area contributed by atoms with Crippen molar-refractivity contribution in [2.24, 2.45) is 0 Å². The topological polar surface area (TPSA) is 61.8 Å². The zero-order valence-electron chi connectivity index (χ0n) is 12.1. The lowest BCUT2D eigenvalue weighted by Crippen LogP contribution is -2.43. The smallest absolute Gasteiger partial charge is 0.317 e. The summed E-state index contributed by atoms with van der Waals surface area (Å²) in [6.45, 7) is 1.58. The monoisotopic (exact) mass is 288 g/mol. The van der Waals surface area contributed by atoms with E-state index in [1.165, 1.54) is 0 Å². The second-order valence-electron chi connectivity index (χ2n) is 4.98. The normalized spacial score (nSPS) is 17.0. The minimum atomic E-state index is -0.174. The van der Waals surface area contributed by atoms with Crippen molar-refractivity contribution in [2.45, 2.75) is 19.0 Å². The molecule has 1 saturated heterocycles. The van der Waals surface area contributed by atoms with Crippen LogP contribution in [-0.2, 0) is 11.3 Å². The van der Waals surface area contributed by atoms with Crippen molar-refractivity contribution in [3.63, 3.8) is 0 Å². The van der Waals surface area contributed by atoms with Crippen LogP contribution in [0.2, 0.25) is 0 Å². The summed E-state index contributed by atoms with van der Waals surface area (Å²) in [4.78, 5) is 13.7. The van der Waals surface area contributed by atoms with E-state index in [0.29, 0.717) is 19.8 Å². The van der Waals surface area contributed by atoms with E-state index < -0.39 is 0 Å². The predicted octanol–water partition coefficient (Wildman–Crippen LogP) is 0.961. The van der Waals surface area contributed by atoms with E-state index in [1.54, 1.807) is 11.9 Å². The molecule has 21 heavy (non-hydrogen) atoms. The van der Waals surface area contributed by atoms with Gasteiger partial charge in [0.1, 0.15) is 6.61 Å². The molecule has 1 aromatic carbocycles. The van der Waals surface area contributed by atoms with Gasteiger partial charge in [-0.25, -0.2) is 4.79 Å². The molecule has 1 unspecified atom stereocenters. The highest BCUT2D eigenvalue weighted by molar-refractivity contribution is 5.74. The van der Waals surface area contributed by atoms with Gasteiger partial charge in [-0.3, -0.25) is 0 Å². The fourth-order valence-electron chi connectivity index (χ4n) is 2.18. The molecule has 2 N–H and O–H groups in total. The van der Waals surface area contributed by atoms with Gasteiger partial charge in [-0.2, -0.15) is 0 Å². The molecule has 1 aromatic rings. The number of nitrogens with one attached hydrogen (secondary N) is 1. The molecule has 0 aromatic heterocycles. The molecule has 5 nitrogen and oxygen atoms in total. The second kappa shape index (κ2) is 7.67. The summed E-state index contributed by atoms with van der Waals surface area (Å²) >= 11 is 0. The molecule has 1 atom stereocenters. The Balaban J connectivity index is 1.98. The van der Waals surface area contributed by atoms with Gasteiger partial charge >= 0.3 is 6.03 Å². The van der Waals surface area contributed by atoms with E-state index in [2.05, 4.69) is 17.2 Å². The van der Waals surface area contributed by atoms with Crippen molar-refractivity contribution in [2.75, 3.05) is 26.9 Å². The number of carbonyl (C=O) groups is 1. The molecule has 0 saturated carbocycles. The minimum Gasteiger partial charge on any atom is -0.384 e. The van der Waals surface area contributed by atoms with Crippen LogP contribution in [0.25, 0.3) is 0 Å². The third-order valence-corrected chi connectivity index (χ3v) is 3.33. The average Bonchev–Trinajstić information content (AvgIpc) is 2.99. The highest BCUT2D eigenvalue weighted by atomic mass is 16.5. The SMILES string of the molecule is CN(Cc1ccccc1C#CCO)C(=O)NC1CCOC1. The first-order valence-corrected chi connectivity index (χ1v) is 6.97. The van der Waals surface area contributed by atoms with E-state index in [1.807, 2.05) is 24.3 Å². The Kier molecular flexibility index (Phi) is 5.61. The number of nitrogens with zero attached hydrogens (tertiary/aromatic N) is 1. The summed E-state index contributed by atoms with van der Waals surface area (Å²) in [5, 5.41) is 11.7. The fraction of sp³-hybridized carbons (Fsp3) is 0.438. The minimum absolute atomic E-state index is 0.101. The molecule has 0 aliphatic carbocycles. The Morgan fingerprint density at radius 3 is 3.05 bits per heavy atom. The van der Waals surface area contributed by atoms with Crippen LogP contribution in [0.15, 0.2) is 24.3 Å². The van der Waals surface area contributed by atoms with E-state index in [9.17, 15) is 4.79 Å². The molecule has 1 heterocycles. The Morgan fingerprint density at radius 1 is 1.52 bits per heavy atom. The van der Waals surface area contributed by atoms with Gasteiger partial charge in [-0.15, -0.1) is 0 Å². The zero-order chi connectivity index (χ0) is 15.1. The number of carbonyl (C=O) groups excluding carboxylic acids is 1. The molecule has 1 aliphatic heterocycles. The first-order chi connectivity index (χ1) is 10.2. The summed E-state index contributed by atoms with van der Waals surface area (Å²) in [6.07, 6.45) is 0.859. The largest absolute Gasteiger partial charge is 0.384 e. The molecule has 0 radical (unpaired) electrons. The molecule has 2 amide bonds. The third kappa shape index (κ3) is 4.48. The number of aliphatic hydroxyl groups excluding tert-OH is 1. The van der Waals surface area contributed by atoms with E-state index in [-0.39, 0.29) is 18.7 Å². The lowest BCUT2D eigenvalue weighted by Gasteiger charge is -2.21. The molecular formula is C16H20N2O3. The van der Waals surface area contributed by atoms with Crippen LogP contribution in [0, 0.1) is 11.8 Å². The Hall–Kier alpha value is -2.03. The van der Waals surface area contributed by atoms with Gasteiger partial charge in [0, 0.05) is 25.8 Å². The van der Waals surface area contributed by atoms with E-state index >= 15 is 0 Å². The third-order valence-electron chi connectivity index (χ3n) is 3.33. The maximum atomic E-state index is 12.1. The summed E-state index contributed by atoms with van der Waals surface area (Å²) in [7, 11) is 1.75. The van der Waals surface area contributed by atoms with Gasteiger partial charge in [0.2, 0.25) is 0 Å². The number of benzene rings is 1. The van der Waals surface area contributed by atoms with Gasteiger partial charge in [0.05, 0.1) is 12.6 Å². The van der Waals surface area contributed by atoms with Gasteiger partial charge in [-0.05, 0) is 18.1 Å². The van der Waals surface area contributed by atoms with Crippen LogP contribution in [0.1, 0.15) is 17.5 Å². The van der Waals surface area contributed by atoms with Crippen LogP contribution in [0.4, 0.5) is 4.79 Å². The van der Waals surface area contributed by atoms with Crippen LogP contribution >= 0.6 is 0 Å². The van der Waals surface area contributed by atoms with Gasteiger partial charge in [0.15, 0.2) is 0 Å². The van der Waals surface area contributed by atoms with E-state index in [4.69, 9.17) is 9.84 Å². The number of rotatable bonds is 3. The molecule has 0 bridgehead atoms. The fourth-order valence-corrected chi connectivity index (χ4v) is 2.18. The standard InChI is InChI=1S/C16H20N2O3/c1-18(16(20)17-15-8-10-21-12-15)11-14-6-3-2-5-13(14)7-4-9-19/h2-3,5-6,15,19H,8-12H2,1H3,(H,17,20). The summed E-state index contributed by atoms with van der Waals surface area (Å²) in [6, 6.07) is 7.61. The molecule has 112 valence electrons. The second-order valence-corrected chi connectivity index (χ2v) is 4.98. The lowest BCUT2D eigenvalue weighted by molar-refractivity contribution is 0.181. The van der Waals surface area contributed by atoms with Crippen molar-refractivity contribution in [1.29, 1.82) is 0 Å². The summed E-state index contributed by atoms with van der Waals surface area (Å²) < 4.78 is 5.24. The van der Waals surface area contributed by atoms with Crippen LogP contribution in [-0.4, -0.2) is 48.9 Å². The van der Waals surface area contributed by atoms with Crippen molar-refractivity contribution >= 4 is 6.03 Å². The first kappa shape index (κ1) is 15.4. The maximum Gasteiger partial charge on any atom is 0.317 e. The molecule has 2 rings (SSSR count). The molecule has 1 fully saturated rings. The number of hydrogen-bond donors (Lipinski definition) is 2. The van der Waals surface area contributed by atoms with Crippen molar-refractivity contribution < 1.29 is 14.6 Å². The Morgan fingerprint density at radius 2 is 2.33 bits per heavy atom. The quantitative estimate of drug-likeness (QED) is 0.814. The van der Waals surface area contributed by atoms with Crippen molar-refractivity contribution in [1.82, 2.24) is 10.2 Å². The van der Waals surface area contributed by atoms with Crippen LogP contribution in [0.3, 0.4) is 0 Å². The Labute approximate surface area is 124 Å². The van der Waals surface area contributed by atoms with Gasteiger partial charge in [0.25, 0.3) is 0 Å². The predicted molar refractivity (Wildman–Crippen MR) is 79.6 cm³/mol. The average molecular weight is 288 g/mol. The lowest BCUT2D eigenvalue weighted by atomic mass is 10.1. The highest BCUT2D eigenvalue weighted by Gasteiger charge is 2.19. The Bertz CT molecular complexity index is 542. The molecule has 0 spiro atoms. The highest BCUT2D eigenvalue weighted by Crippen LogP contribution is 2.11. The molecular weight excluding hydrogens is 268 g/mol.